The van der Waals surface area contributed by atoms with E-state index in [0.29, 0.717) is 6.54 Å². The van der Waals surface area contributed by atoms with E-state index in [1.165, 1.54) is 12.1 Å². The molecule has 0 spiro atoms. The standard InChI is InChI=1S/C14H21N5O5S.ClH/c1-10-9-16-6-7-18(10)14(20)4-5-17-12-3-2-11(25(15,23)24)8-13(12)19(21)22;/h2-3,8,10,16-17H,4-7,9H2,1H3,(H2,15,23,24);1H/t10-;/m0./s1. The maximum Gasteiger partial charge on any atom is 0.293 e. The Balaban J connectivity index is 0.00000338. The number of nitrogens with zero attached hydrogens (tertiary/aromatic N) is 2. The minimum Gasteiger partial charge on any atom is -0.379 e. The molecule has 0 saturated carbocycles. The van der Waals surface area contributed by atoms with E-state index in [4.69, 9.17) is 5.14 Å². The monoisotopic (exact) mass is 407 g/mol. The summed E-state index contributed by atoms with van der Waals surface area (Å²) in [7, 11) is -4.03. The molecular formula is C14H22ClN5O5S. The Morgan fingerprint density at radius 3 is 2.77 bits per heavy atom. The SMILES string of the molecule is C[C@H]1CNCCN1C(=O)CCNc1ccc(S(N)(=O)=O)cc1[N+](=O)[O-].Cl. The lowest BCUT2D eigenvalue weighted by Crippen LogP contribution is -2.52. The quantitative estimate of drug-likeness (QED) is 0.453. The lowest BCUT2D eigenvalue weighted by atomic mass is 10.2. The molecule has 2 rings (SSSR count). The highest BCUT2D eigenvalue weighted by Gasteiger charge is 2.23. The number of carbonyl (C=O) groups is 1. The number of rotatable bonds is 6. The van der Waals surface area contributed by atoms with Crippen LogP contribution < -0.4 is 15.8 Å². The first-order valence-electron chi connectivity index (χ1n) is 7.75. The van der Waals surface area contributed by atoms with Gasteiger partial charge in [0.15, 0.2) is 0 Å². The third kappa shape index (κ3) is 5.53. The molecule has 26 heavy (non-hydrogen) atoms. The maximum absolute atomic E-state index is 12.2. The smallest absolute Gasteiger partial charge is 0.293 e. The topological polar surface area (TPSA) is 148 Å². The van der Waals surface area contributed by atoms with Crippen LogP contribution in [-0.2, 0) is 14.8 Å². The van der Waals surface area contributed by atoms with Crippen LogP contribution in [0.5, 0.6) is 0 Å². The summed E-state index contributed by atoms with van der Waals surface area (Å²) in [6.45, 7) is 4.26. The maximum atomic E-state index is 12.2. The van der Waals surface area contributed by atoms with Gasteiger partial charge in [0.05, 0.1) is 9.82 Å². The molecule has 1 atom stereocenters. The summed E-state index contributed by atoms with van der Waals surface area (Å²) in [6, 6.07) is 3.46. The molecular weight excluding hydrogens is 386 g/mol. The van der Waals surface area contributed by atoms with Crippen LogP contribution in [0.1, 0.15) is 13.3 Å². The third-order valence-corrected chi connectivity index (χ3v) is 4.88. The van der Waals surface area contributed by atoms with Crippen LogP contribution in [-0.4, -0.2) is 56.4 Å². The molecule has 1 aromatic rings. The van der Waals surface area contributed by atoms with Crippen molar-refractivity contribution >= 4 is 39.7 Å². The molecule has 1 aliphatic heterocycles. The molecule has 1 saturated heterocycles. The van der Waals surface area contributed by atoms with Crippen molar-refractivity contribution in [3.05, 3.63) is 28.3 Å². The molecule has 1 fully saturated rings. The number of piperazine rings is 1. The zero-order valence-electron chi connectivity index (χ0n) is 14.2. The second-order valence-corrected chi connectivity index (χ2v) is 7.36. The van der Waals surface area contributed by atoms with Crippen LogP contribution in [0.3, 0.4) is 0 Å². The second-order valence-electron chi connectivity index (χ2n) is 5.80. The van der Waals surface area contributed by atoms with Crippen molar-refractivity contribution < 1.29 is 18.1 Å². The van der Waals surface area contributed by atoms with Gasteiger partial charge in [-0.1, -0.05) is 0 Å². The van der Waals surface area contributed by atoms with Crippen molar-refractivity contribution in [3.63, 3.8) is 0 Å². The van der Waals surface area contributed by atoms with E-state index in [-0.39, 0.29) is 47.9 Å². The molecule has 1 aliphatic rings. The lowest BCUT2D eigenvalue weighted by Gasteiger charge is -2.34. The first kappa shape index (κ1) is 22.1. The number of primary sulfonamides is 1. The zero-order chi connectivity index (χ0) is 18.6. The fourth-order valence-corrected chi connectivity index (χ4v) is 3.18. The summed E-state index contributed by atoms with van der Waals surface area (Å²) >= 11 is 0. The van der Waals surface area contributed by atoms with Crippen molar-refractivity contribution in [2.45, 2.75) is 24.3 Å². The van der Waals surface area contributed by atoms with Crippen LogP contribution >= 0.6 is 12.4 Å². The van der Waals surface area contributed by atoms with E-state index in [9.17, 15) is 23.3 Å². The van der Waals surface area contributed by atoms with E-state index in [1.807, 2.05) is 6.92 Å². The fraction of sp³-hybridized carbons (Fsp3) is 0.500. The molecule has 1 amide bonds. The molecule has 4 N–H and O–H groups in total. The van der Waals surface area contributed by atoms with Crippen LogP contribution in [0.15, 0.2) is 23.1 Å². The molecule has 0 aliphatic carbocycles. The van der Waals surface area contributed by atoms with E-state index in [0.717, 1.165) is 19.2 Å². The number of hydrogen-bond donors (Lipinski definition) is 3. The summed E-state index contributed by atoms with van der Waals surface area (Å²) < 4.78 is 22.6. The van der Waals surface area contributed by atoms with Crippen molar-refractivity contribution in [1.82, 2.24) is 10.2 Å². The Labute approximate surface area is 157 Å². The molecule has 0 unspecified atom stereocenters. The summed E-state index contributed by atoms with van der Waals surface area (Å²) in [5.41, 5.74) is -0.270. The van der Waals surface area contributed by atoms with Gasteiger partial charge >= 0.3 is 0 Å². The highest BCUT2D eigenvalue weighted by atomic mass is 35.5. The number of benzene rings is 1. The minimum absolute atomic E-state index is 0. The average molecular weight is 408 g/mol. The number of nitrogens with two attached hydrogens (primary N) is 1. The predicted molar refractivity (Wildman–Crippen MR) is 98.9 cm³/mol. The highest BCUT2D eigenvalue weighted by molar-refractivity contribution is 7.89. The number of anilines is 1. The molecule has 1 heterocycles. The lowest BCUT2D eigenvalue weighted by molar-refractivity contribution is -0.384. The Morgan fingerprint density at radius 1 is 1.50 bits per heavy atom. The zero-order valence-corrected chi connectivity index (χ0v) is 15.8. The van der Waals surface area contributed by atoms with Crippen molar-refractivity contribution in [2.75, 3.05) is 31.5 Å². The van der Waals surface area contributed by atoms with Gasteiger partial charge in [0, 0.05) is 44.7 Å². The van der Waals surface area contributed by atoms with Gasteiger partial charge in [-0.25, -0.2) is 13.6 Å². The first-order valence-corrected chi connectivity index (χ1v) is 9.30. The van der Waals surface area contributed by atoms with E-state index in [2.05, 4.69) is 10.6 Å². The van der Waals surface area contributed by atoms with Gasteiger partial charge in [-0.15, -0.1) is 12.4 Å². The van der Waals surface area contributed by atoms with Gasteiger partial charge in [0.25, 0.3) is 5.69 Å². The van der Waals surface area contributed by atoms with Crippen molar-refractivity contribution in [3.8, 4) is 0 Å². The van der Waals surface area contributed by atoms with Crippen molar-refractivity contribution in [1.29, 1.82) is 0 Å². The fourth-order valence-electron chi connectivity index (χ4n) is 2.65. The Kier molecular flexibility index (Phi) is 7.75. The molecule has 12 heteroatoms. The number of hydrogen-bond acceptors (Lipinski definition) is 7. The molecule has 0 radical (unpaired) electrons. The van der Waals surface area contributed by atoms with E-state index in [1.54, 1.807) is 4.90 Å². The van der Waals surface area contributed by atoms with Gasteiger partial charge in [0.1, 0.15) is 5.69 Å². The highest BCUT2D eigenvalue weighted by Crippen LogP contribution is 2.27. The Morgan fingerprint density at radius 2 is 2.19 bits per heavy atom. The molecule has 146 valence electrons. The normalized spacial score (nSPS) is 17.3. The van der Waals surface area contributed by atoms with Gasteiger partial charge in [-0.3, -0.25) is 14.9 Å². The number of halogens is 1. The summed E-state index contributed by atoms with van der Waals surface area (Å²) in [4.78, 5) is 24.1. The minimum atomic E-state index is -4.03. The van der Waals surface area contributed by atoms with Gasteiger partial charge in [-0.2, -0.15) is 0 Å². The van der Waals surface area contributed by atoms with E-state index >= 15 is 0 Å². The number of sulfonamides is 1. The van der Waals surface area contributed by atoms with Crippen LogP contribution in [0.2, 0.25) is 0 Å². The van der Waals surface area contributed by atoms with Crippen LogP contribution in [0.25, 0.3) is 0 Å². The number of nitrogens with one attached hydrogen (secondary N) is 2. The number of amides is 1. The molecule has 0 bridgehead atoms. The van der Waals surface area contributed by atoms with Gasteiger partial charge < -0.3 is 15.5 Å². The van der Waals surface area contributed by atoms with Gasteiger partial charge in [-0.05, 0) is 19.1 Å². The summed E-state index contributed by atoms with van der Waals surface area (Å²) in [6.07, 6.45) is 0.179. The van der Waals surface area contributed by atoms with Gasteiger partial charge in [0.2, 0.25) is 15.9 Å². The number of nitro benzene ring substituents is 1. The summed E-state index contributed by atoms with van der Waals surface area (Å²) in [5, 5.41) is 22.1. The average Bonchev–Trinajstić information content (AvgIpc) is 2.54. The second kappa shape index (κ2) is 9.12. The first-order chi connectivity index (χ1) is 11.7. The molecule has 0 aromatic heterocycles. The van der Waals surface area contributed by atoms with Crippen LogP contribution in [0.4, 0.5) is 11.4 Å². The number of nitro groups is 1. The molecule has 1 aromatic carbocycles. The molecule has 10 nitrogen and oxygen atoms in total. The Hall–Kier alpha value is -1.95. The largest absolute Gasteiger partial charge is 0.379 e. The summed E-state index contributed by atoms with van der Waals surface area (Å²) in [5.74, 6) is -0.0368. The predicted octanol–water partition coefficient (Wildman–Crippen LogP) is 0.286. The van der Waals surface area contributed by atoms with Crippen molar-refractivity contribution in [2.24, 2.45) is 5.14 Å². The van der Waals surface area contributed by atoms with Crippen LogP contribution in [0, 0.1) is 10.1 Å². The van der Waals surface area contributed by atoms with E-state index < -0.39 is 20.6 Å². The number of carbonyl (C=O) groups excluding carboxylic acids is 1. The Bertz CT molecular complexity index is 773. The third-order valence-electron chi connectivity index (χ3n) is 3.97.